The molecule has 1 heterocycles. The molecule has 0 saturated carbocycles. The minimum atomic E-state index is 0.138. The second kappa shape index (κ2) is 6.00. The Morgan fingerprint density at radius 3 is 3.11 bits per heavy atom. The van der Waals surface area contributed by atoms with Crippen LogP contribution in [-0.4, -0.2) is 24.8 Å². The third-order valence-corrected chi connectivity index (χ3v) is 4.25. The van der Waals surface area contributed by atoms with E-state index in [1.807, 2.05) is 18.2 Å². The van der Waals surface area contributed by atoms with Crippen molar-refractivity contribution < 1.29 is 9.53 Å². The van der Waals surface area contributed by atoms with Gasteiger partial charge >= 0.3 is 0 Å². The molecule has 1 aliphatic heterocycles. The monoisotopic (exact) mass is 266 g/mol. The van der Waals surface area contributed by atoms with Crippen LogP contribution in [0.15, 0.2) is 23.1 Å². The Kier molecular flexibility index (Phi) is 4.36. The summed E-state index contributed by atoms with van der Waals surface area (Å²) in [5.41, 5.74) is 6.42. The molecule has 0 bridgehead atoms. The summed E-state index contributed by atoms with van der Waals surface area (Å²) in [5, 5.41) is 3.20. The lowest BCUT2D eigenvalue weighted by molar-refractivity contribution is -0.120. The average Bonchev–Trinajstić information content (AvgIpc) is 2.56. The van der Waals surface area contributed by atoms with Gasteiger partial charge in [0, 0.05) is 34.9 Å². The van der Waals surface area contributed by atoms with E-state index in [2.05, 4.69) is 5.32 Å². The maximum absolute atomic E-state index is 11.5. The first-order valence-electron chi connectivity index (χ1n) is 6.06. The fourth-order valence-corrected chi connectivity index (χ4v) is 3.28. The van der Waals surface area contributed by atoms with E-state index in [0.717, 1.165) is 30.0 Å². The summed E-state index contributed by atoms with van der Waals surface area (Å²) in [6.07, 6.45) is 2.63. The van der Waals surface area contributed by atoms with Gasteiger partial charge < -0.3 is 15.8 Å². The number of nitrogen functional groups attached to an aromatic ring is 1. The number of anilines is 1. The van der Waals surface area contributed by atoms with Crippen LogP contribution in [0.5, 0.6) is 5.75 Å². The second-order valence-corrected chi connectivity index (χ2v) is 5.69. The van der Waals surface area contributed by atoms with Crippen LogP contribution in [0.4, 0.5) is 5.69 Å². The van der Waals surface area contributed by atoms with Crippen molar-refractivity contribution in [2.45, 2.75) is 29.4 Å². The Balaban J connectivity index is 2.10. The lowest BCUT2D eigenvalue weighted by Gasteiger charge is -2.15. The first-order chi connectivity index (χ1) is 8.69. The molecule has 1 aromatic carbocycles. The van der Waals surface area contributed by atoms with Crippen LogP contribution in [0.1, 0.15) is 19.3 Å². The number of nitrogens with two attached hydrogens (primary N) is 1. The van der Waals surface area contributed by atoms with Crippen molar-refractivity contribution in [2.75, 3.05) is 19.4 Å². The van der Waals surface area contributed by atoms with Crippen molar-refractivity contribution in [3.63, 3.8) is 0 Å². The van der Waals surface area contributed by atoms with E-state index in [1.54, 1.807) is 18.9 Å². The summed E-state index contributed by atoms with van der Waals surface area (Å²) >= 11 is 1.70. The molecule has 18 heavy (non-hydrogen) atoms. The summed E-state index contributed by atoms with van der Waals surface area (Å²) in [6, 6.07) is 5.64. The van der Waals surface area contributed by atoms with Gasteiger partial charge in [-0.15, -0.1) is 11.8 Å². The van der Waals surface area contributed by atoms with Crippen molar-refractivity contribution in [2.24, 2.45) is 0 Å². The minimum Gasteiger partial charge on any atom is -0.496 e. The van der Waals surface area contributed by atoms with Gasteiger partial charge in [0.2, 0.25) is 5.91 Å². The Labute approximate surface area is 111 Å². The number of thioether (sulfide) groups is 1. The van der Waals surface area contributed by atoms with Gasteiger partial charge in [0.05, 0.1) is 7.11 Å². The molecule has 1 fully saturated rings. The molecule has 5 heteroatoms. The van der Waals surface area contributed by atoms with Crippen LogP contribution in [0.2, 0.25) is 0 Å². The molecule has 0 aliphatic carbocycles. The molecular formula is C13H18N2O2S. The van der Waals surface area contributed by atoms with Crippen molar-refractivity contribution in [1.29, 1.82) is 0 Å². The molecule has 0 aromatic heterocycles. The highest BCUT2D eigenvalue weighted by Crippen LogP contribution is 2.36. The predicted molar refractivity (Wildman–Crippen MR) is 73.9 cm³/mol. The maximum Gasteiger partial charge on any atom is 0.221 e. The second-order valence-electron chi connectivity index (χ2n) is 4.35. The van der Waals surface area contributed by atoms with Crippen molar-refractivity contribution in [3.8, 4) is 5.75 Å². The molecule has 1 aromatic rings. The number of benzene rings is 1. The van der Waals surface area contributed by atoms with Gasteiger partial charge in [-0.25, -0.2) is 0 Å². The molecule has 1 saturated heterocycles. The minimum absolute atomic E-state index is 0.138. The van der Waals surface area contributed by atoms with Crippen molar-refractivity contribution >= 4 is 23.4 Å². The van der Waals surface area contributed by atoms with E-state index in [-0.39, 0.29) is 5.91 Å². The molecular weight excluding hydrogens is 248 g/mol. The molecule has 1 unspecified atom stereocenters. The molecule has 1 atom stereocenters. The summed E-state index contributed by atoms with van der Waals surface area (Å²) < 4.78 is 5.32. The zero-order chi connectivity index (χ0) is 13.0. The van der Waals surface area contributed by atoms with Gasteiger partial charge in [-0.2, -0.15) is 0 Å². The zero-order valence-electron chi connectivity index (χ0n) is 10.4. The van der Waals surface area contributed by atoms with Crippen LogP contribution in [0.25, 0.3) is 0 Å². The zero-order valence-corrected chi connectivity index (χ0v) is 11.3. The summed E-state index contributed by atoms with van der Waals surface area (Å²) in [7, 11) is 1.64. The normalized spacial score (nSPS) is 20.1. The number of ether oxygens (including phenoxy) is 1. The number of rotatable bonds is 3. The Bertz CT molecular complexity index is 437. The summed E-state index contributed by atoms with van der Waals surface area (Å²) in [4.78, 5) is 12.6. The first-order valence-corrected chi connectivity index (χ1v) is 6.94. The van der Waals surface area contributed by atoms with Gasteiger partial charge in [0.1, 0.15) is 5.75 Å². The van der Waals surface area contributed by atoms with Gasteiger partial charge in [0.25, 0.3) is 0 Å². The van der Waals surface area contributed by atoms with Gasteiger partial charge in [-0.05, 0) is 25.0 Å². The largest absolute Gasteiger partial charge is 0.496 e. The fourth-order valence-electron chi connectivity index (χ4n) is 2.00. The van der Waals surface area contributed by atoms with Gasteiger partial charge in [-0.1, -0.05) is 0 Å². The Hall–Kier alpha value is -1.36. The van der Waals surface area contributed by atoms with Gasteiger partial charge in [-0.3, -0.25) is 4.79 Å². The number of hydrogen-bond donors (Lipinski definition) is 2. The molecule has 98 valence electrons. The average molecular weight is 266 g/mol. The fraction of sp³-hybridized carbons (Fsp3) is 0.462. The molecule has 1 amide bonds. The number of nitrogens with one attached hydrogen (secondary N) is 1. The smallest absolute Gasteiger partial charge is 0.221 e. The van der Waals surface area contributed by atoms with Gasteiger partial charge in [0.15, 0.2) is 0 Å². The summed E-state index contributed by atoms with van der Waals surface area (Å²) in [6.45, 7) is 0.786. The Morgan fingerprint density at radius 2 is 2.33 bits per heavy atom. The number of hydrogen-bond acceptors (Lipinski definition) is 4. The number of carbonyl (C=O) groups is 1. The SMILES string of the molecule is COc1cc(N)ccc1SC1CCCNC(=O)C1. The number of amides is 1. The van der Waals surface area contributed by atoms with E-state index >= 15 is 0 Å². The van der Waals surface area contributed by atoms with Crippen LogP contribution in [0.3, 0.4) is 0 Å². The molecule has 0 radical (unpaired) electrons. The lowest BCUT2D eigenvalue weighted by atomic mass is 10.2. The topological polar surface area (TPSA) is 64.3 Å². The van der Waals surface area contributed by atoms with Crippen LogP contribution in [0, 0.1) is 0 Å². The predicted octanol–water partition coefficient (Wildman–Crippen LogP) is 2.04. The quantitative estimate of drug-likeness (QED) is 0.822. The van der Waals surface area contributed by atoms with E-state index in [0.29, 0.717) is 17.4 Å². The summed E-state index contributed by atoms with van der Waals surface area (Å²) in [5.74, 6) is 0.920. The van der Waals surface area contributed by atoms with E-state index in [9.17, 15) is 4.79 Å². The molecule has 2 rings (SSSR count). The van der Waals surface area contributed by atoms with Crippen molar-refractivity contribution in [1.82, 2.24) is 5.32 Å². The van der Waals surface area contributed by atoms with Crippen LogP contribution >= 0.6 is 11.8 Å². The van der Waals surface area contributed by atoms with E-state index in [4.69, 9.17) is 10.5 Å². The molecule has 4 nitrogen and oxygen atoms in total. The highest BCUT2D eigenvalue weighted by Gasteiger charge is 2.19. The van der Waals surface area contributed by atoms with Crippen LogP contribution in [-0.2, 0) is 4.79 Å². The molecule has 0 spiro atoms. The third kappa shape index (κ3) is 3.32. The standard InChI is InChI=1S/C13H18N2O2S/c1-17-11-7-9(14)4-5-12(11)18-10-3-2-6-15-13(16)8-10/h4-5,7,10H,2-3,6,8,14H2,1H3,(H,15,16). The van der Waals surface area contributed by atoms with E-state index in [1.165, 1.54) is 0 Å². The highest BCUT2D eigenvalue weighted by molar-refractivity contribution is 8.00. The number of methoxy groups -OCH3 is 1. The van der Waals surface area contributed by atoms with Crippen molar-refractivity contribution in [3.05, 3.63) is 18.2 Å². The highest BCUT2D eigenvalue weighted by atomic mass is 32.2. The third-order valence-electron chi connectivity index (χ3n) is 2.92. The van der Waals surface area contributed by atoms with E-state index < -0.39 is 0 Å². The number of carbonyl (C=O) groups excluding carboxylic acids is 1. The maximum atomic E-state index is 11.5. The lowest BCUT2D eigenvalue weighted by Crippen LogP contribution is -2.22. The Morgan fingerprint density at radius 1 is 1.50 bits per heavy atom. The van der Waals surface area contributed by atoms with Crippen LogP contribution < -0.4 is 15.8 Å². The molecule has 1 aliphatic rings. The first kappa shape index (κ1) is 13.1. The molecule has 3 N–H and O–H groups in total.